The van der Waals surface area contributed by atoms with Crippen molar-refractivity contribution in [3.63, 3.8) is 0 Å². The molecule has 0 saturated heterocycles. The molecular formula is C18H19ClN4O4. The highest BCUT2D eigenvalue weighted by Gasteiger charge is 2.35. The van der Waals surface area contributed by atoms with Gasteiger partial charge in [-0.3, -0.25) is 10.1 Å². The zero-order valence-electron chi connectivity index (χ0n) is 14.9. The van der Waals surface area contributed by atoms with E-state index in [0.29, 0.717) is 29.3 Å². The fraction of sp³-hybridized carbons (Fsp3) is 0.333. The van der Waals surface area contributed by atoms with Crippen molar-refractivity contribution in [3.8, 4) is 11.8 Å². The molecule has 3 amide bonds. The molecule has 9 heteroatoms. The molecule has 0 spiro atoms. The molecule has 0 bridgehead atoms. The summed E-state index contributed by atoms with van der Waals surface area (Å²) >= 11 is 5.74. The van der Waals surface area contributed by atoms with E-state index in [1.54, 1.807) is 25.3 Å². The lowest BCUT2D eigenvalue weighted by atomic mass is 9.81. The minimum absolute atomic E-state index is 0.101. The number of ether oxygens (including phenoxy) is 2. The Labute approximate surface area is 161 Å². The van der Waals surface area contributed by atoms with Crippen LogP contribution in [0.3, 0.4) is 0 Å². The van der Waals surface area contributed by atoms with Crippen molar-refractivity contribution >= 4 is 29.2 Å². The molecule has 3 rings (SSSR count). The summed E-state index contributed by atoms with van der Waals surface area (Å²) in [5.74, 6) is 0.0642. The molecule has 0 unspecified atom stereocenters. The Morgan fingerprint density at radius 3 is 2.56 bits per heavy atom. The quantitative estimate of drug-likeness (QED) is 0.812. The van der Waals surface area contributed by atoms with Crippen molar-refractivity contribution in [2.75, 3.05) is 12.4 Å². The summed E-state index contributed by atoms with van der Waals surface area (Å²) in [6, 6.07) is 4.66. The average molecular weight is 391 g/mol. The SMILES string of the molecule is COC1CC(C(=O)NC(=O)Nc2ccc(Oc3ncc(Cl)cn3)c(C)c2)C1. The van der Waals surface area contributed by atoms with Crippen LogP contribution in [0.4, 0.5) is 10.5 Å². The lowest BCUT2D eigenvalue weighted by molar-refractivity contribution is -0.131. The largest absolute Gasteiger partial charge is 0.424 e. The van der Waals surface area contributed by atoms with Crippen LogP contribution in [0.2, 0.25) is 5.02 Å². The normalized spacial score (nSPS) is 18.3. The molecule has 27 heavy (non-hydrogen) atoms. The van der Waals surface area contributed by atoms with Gasteiger partial charge in [-0.2, -0.15) is 0 Å². The van der Waals surface area contributed by atoms with Gasteiger partial charge in [0.25, 0.3) is 0 Å². The maximum atomic E-state index is 12.0. The third-order valence-corrected chi connectivity index (χ3v) is 4.46. The van der Waals surface area contributed by atoms with E-state index in [1.165, 1.54) is 12.4 Å². The predicted molar refractivity (Wildman–Crippen MR) is 99.0 cm³/mol. The highest BCUT2D eigenvalue weighted by Crippen LogP contribution is 2.29. The maximum absolute atomic E-state index is 12.0. The standard InChI is InChI=1S/C18H19ClN4O4/c1-10-5-13(3-4-15(10)27-18-20-8-12(19)9-21-18)22-17(25)23-16(24)11-6-14(7-11)26-2/h3-5,8-9,11,14H,6-7H2,1-2H3,(H2,22,23,24,25). The highest BCUT2D eigenvalue weighted by atomic mass is 35.5. The zero-order valence-corrected chi connectivity index (χ0v) is 15.6. The van der Waals surface area contributed by atoms with Crippen LogP contribution in [0.5, 0.6) is 11.8 Å². The number of urea groups is 1. The minimum Gasteiger partial charge on any atom is -0.424 e. The van der Waals surface area contributed by atoms with E-state index in [-0.39, 0.29) is 23.9 Å². The topological polar surface area (TPSA) is 102 Å². The first-order valence-electron chi connectivity index (χ1n) is 8.35. The van der Waals surface area contributed by atoms with Crippen LogP contribution >= 0.6 is 11.6 Å². The van der Waals surface area contributed by atoms with Gasteiger partial charge in [-0.15, -0.1) is 0 Å². The van der Waals surface area contributed by atoms with Gasteiger partial charge in [-0.25, -0.2) is 14.8 Å². The fourth-order valence-corrected chi connectivity index (χ4v) is 2.74. The molecule has 2 N–H and O–H groups in total. The second-order valence-electron chi connectivity index (χ2n) is 6.24. The maximum Gasteiger partial charge on any atom is 0.325 e. The van der Waals surface area contributed by atoms with Gasteiger partial charge in [-0.1, -0.05) is 11.6 Å². The first-order chi connectivity index (χ1) is 12.9. The Kier molecular flexibility index (Phi) is 5.88. The smallest absolute Gasteiger partial charge is 0.325 e. The molecule has 1 aliphatic rings. The fourth-order valence-electron chi connectivity index (χ4n) is 2.64. The molecular weight excluding hydrogens is 372 g/mol. The molecule has 2 aromatic rings. The van der Waals surface area contributed by atoms with Crippen LogP contribution in [0.1, 0.15) is 18.4 Å². The third kappa shape index (κ3) is 4.93. The number of rotatable bonds is 5. The number of nitrogens with zero attached hydrogens (tertiary/aromatic N) is 2. The van der Waals surface area contributed by atoms with E-state index in [9.17, 15) is 9.59 Å². The highest BCUT2D eigenvalue weighted by molar-refractivity contribution is 6.30. The number of halogens is 1. The van der Waals surface area contributed by atoms with Gasteiger partial charge in [0.1, 0.15) is 5.75 Å². The second kappa shape index (κ2) is 8.32. The first-order valence-corrected chi connectivity index (χ1v) is 8.73. The number of aromatic nitrogens is 2. The second-order valence-corrected chi connectivity index (χ2v) is 6.67. The van der Waals surface area contributed by atoms with Gasteiger partial charge >= 0.3 is 12.0 Å². The molecule has 1 aromatic carbocycles. The van der Waals surface area contributed by atoms with Crippen LogP contribution in [0.15, 0.2) is 30.6 Å². The van der Waals surface area contributed by atoms with Crippen molar-refractivity contribution in [2.24, 2.45) is 5.92 Å². The molecule has 1 saturated carbocycles. The van der Waals surface area contributed by atoms with E-state index in [0.717, 1.165) is 5.56 Å². The summed E-state index contributed by atoms with van der Waals surface area (Å²) in [6.45, 7) is 1.82. The Morgan fingerprint density at radius 1 is 1.22 bits per heavy atom. The van der Waals surface area contributed by atoms with Crippen molar-refractivity contribution in [1.82, 2.24) is 15.3 Å². The van der Waals surface area contributed by atoms with Crippen molar-refractivity contribution in [2.45, 2.75) is 25.9 Å². The van der Waals surface area contributed by atoms with Gasteiger partial charge in [0.2, 0.25) is 5.91 Å². The van der Waals surface area contributed by atoms with Crippen LogP contribution in [0, 0.1) is 12.8 Å². The lowest BCUT2D eigenvalue weighted by Crippen LogP contribution is -2.45. The monoisotopic (exact) mass is 390 g/mol. The van der Waals surface area contributed by atoms with Crippen molar-refractivity contribution < 1.29 is 19.1 Å². The molecule has 0 aliphatic heterocycles. The Hall–Kier alpha value is -2.71. The number of nitrogens with one attached hydrogen (secondary N) is 2. The van der Waals surface area contributed by atoms with Crippen LogP contribution < -0.4 is 15.4 Å². The molecule has 1 aliphatic carbocycles. The van der Waals surface area contributed by atoms with Crippen LogP contribution in [-0.2, 0) is 9.53 Å². The molecule has 0 atom stereocenters. The number of amides is 3. The number of hydrogen-bond donors (Lipinski definition) is 2. The number of benzene rings is 1. The van der Waals surface area contributed by atoms with E-state index in [1.807, 2.05) is 6.92 Å². The summed E-state index contributed by atoms with van der Waals surface area (Å²) in [7, 11) is 1.61. The Balaban J connectivity index is 1.54. The number of methoxy groups -OCH3 is 1. The van der Waals surface area contributed by atoms with Gasteiger partial charge in [-0.05, 0) is 43.5 Å². The van der Waals surface area contributed by atoms with Gasteiger partial charge in [0.05, 0.1) is 23.5 Å². The van der Waals surface area contributed by atoms with Crippen molar-refractivity contribution in [3.05, 3.63) is 41.2 Å². The van der Waals surface area contributed by atoms with E-state index >= 15 is 0 Å². The Morgan fingerprint density at radius 2 is 1.93 bits per heavy atom. The summed E-state index contributed by atoms with van der Waals surface area (Å²) in [6.07, 6.45) is 4.24. The average Bonchev–Trinajstić information content (AvgIpc) is 2.58. The molecule has 142 valence electrons. The molecule has 0 radical (unpaired) electrons. The van der Waals surface area contributed by atoms with E-state index < -0.39 is 6.03 Å². The summed E-state index contributed by atoms with van der Waals surface area (Å²) in [5.41, 5.74) is 1.30. The number of hydrogen-bond acceptors (Lipinski definition) is 6. The predicted octanol–water partition coefficient (Wildman–Crippen LogP) is 3.30. The number of carbonyl (C=O) groups excluding carboxylic acids is 2. The summed E-state index contributed by atoms with van der Waals surface area (Å²) in [4.78, 5) is 31.9. The van der Waals surface area contributed by atoms with Gasteiger partial charge in [0.15, 0.2) is 0 Å². The summed E-state index contributed by atoms with van der Waals surface area (Å²) < 4.78 is 10.7. The van der Waals surface area contributed by atoms with Crippen molar-refractivity contribution in [1.29, 1.82) is 0 Å². The van der Waals surface area contributed by atoms with E-state index in [4.69, 9.17) is 21.1 Å². The van der Waals surface area contributed by atoms with Crippen LogP contribution in [-0.4, -0.2) is 35.1 Å². The molecule has 1 fully saturated rings. The number of carbonyl (C=O) groups is 2. The minimum atomic E-state index is -0.574. The van der Waals surface area contributed by atoms with Crippen LogP contribution in [0.25, 0.3) is 0 Å². The Bertz CT molecular complexity index is 838. The first kappa shape index (κ1) is 19.1. The lowest BCUT2D eigenvalue weighted by Gasteiger charge is -2.32. The van der Waals surface area contributed by atoms with Gasteiger partial charge < -0.3 is 14.8 Å². The molecule has 1 heterocycles. The van der Waals surface area contributed by atoms with E-state index in [2.05, 4.69) is 20.6 Å². The molecule has 1 aromatic heterocycles. The number of imide groups is 1. The third-order valence-electron chi connectivity index (χ3n) is 4.27. The zero-order chi connectivity index (χ0) is 19.4. The number of anilines is 1. The van der Waals surface area contributed by atoms with Gasteiger partial charge in [0, 0.05) is 18.7 Å². The molecule has 8 nitrogen and oxygen atoms in total. The number of aryl methyl sites for hydroxylation is 1. The summed E-state index contributed by atoms with van der Waals surface area (Å²) in [5, 5.41) is 5.40.